The molecule has 6 nitrogen and oxygen atoms in total. The summed E-state index contributed by atoms with van der Waals surface area (Å²) in [5, 5.41) is 9.79. The summed E-state index contributed by atoms with van der Waals surface area (Å²) in [6.07, 6.45) is 2.82. The molecule has 2 aromatic rings. The number of phenols is 1. The second-order valence-electron chi connectivity index (χ2n) is 5.19. The summed E-state index contributed by atoms with van der Waals surface area (Å²) in [6, 6.07) is 5.86. The molecular formula is C15H16F3N2O4S2+. The SMILES string of the molecule is CCS(=O)(=O)c1ccc[n+](NCc2cc(S(=O)C(F)(F)F)ccc2O)c1. The van der Waals surface area contributed by atoms with Crippen LogP contribution in [-0.2, 0) is 27.2 Å². The number of alkyl halides is 3. The lowest BCUT2D eigenvalue weighted by Gasteiger charge is -2.09. The quantitative estimate of drug-likeness (QED) is 0.711. The molecule has 26 heavy (non-hydrogen) atoms. The van der Waals surface area contributed by atoms with E-state index in [9.17, 15) is 30.9 Å². The van der Waals surface area contributed by atoms with Crippen LogP contribution in [0, 0.1) is 0 Å². The molecule has 0 amide bonds. The van der Waals surface area contributed by atoms with Crippen molar-refractivity contribution in [3.05, 3.63) is 48.3 Å². The lowest BCUT2D eigenvalue weighted by atomic mass is 10.2. The normalized spacial score (nSPS) is 13.4. The number of rotatable bonds is 6. The van der Waals surface area contributed by atoms with Crippen LogP contribution in [0.4, 0.5) is 13.2 Å². The van der Waals surface area contributed by atoms with Crippen molar-refractivity contribution in [1.29, 1.82) is 0 Å². The van der Waals surface area contributed by atoms with Gasteiger partial charge in [-0.15, -0.1) is 0 Å². The van der Waals surface area contributed by atoms with Crippen LogP contribution in [-0.4, -0.2) is 29.0 Å². The zero-order chi connectivity index (χ0) is 19.5. The predicted molar refractivity (Wildman–Crippen MR) is 88.0 cm³/mol. The number of nitrogens with one attached hydrogen (secondary N) is 1. The molecule has 0 fully saturated rings. The predicted octanol–water partition coefficient (Wildman–Crippen LogP) is 1.84. The summed E-state index contributed by atoms with van der Waals surface area (Å²) in [5.41, 5.74) is -2.07. The van der Waals surface area contributed by atoms with Crippen molar-refractivity contribution in [1.82, 2.24) is 0 Å². The average molecular weight is 409 g/mol. The molecule has 1 atom stereocenters. The van der Waals surface area contributed by atoms with Gasteiger partial charge in [0.05, 0.1) is 12.3 Å². The standard InChI is InChI=1S/C15H15F3N2O4S2/c1-2-26(23,24)13-4-3-7-20(10-13)19-9-11-8-12(5-6-14(11)21)25(22)15(16,17)18/h3-8,10,19H,2,9H2,1H3/p+1. The molecule has 2 N–H and O–H groups in total. The van der Waals surface area contributed by atoms with Gasteiger partial charge in [0.1, 0.15) is 10.6 Å². The number of pyridine rings is 1. The monoisotopic (exact) mass is 409 g/mol. The molecule has 0 aliphatic heterocycles. The second-order valence-corrected chi connectivity index (χ2v) is 8.94. The van der Waals surface area contributed by atoms with Crippen LogP contribution in [0.15, 0.2) is 52.5 Å². The Hall–Kier alpha value is -2.14. The molecule has 1 aromatic heterocycles. The second kappa shape index (κ2) is 7.62. The van der Waals surface area contributed by atoms with Gasteiger partial charge in [0, 0.05) is 16.5 Å². The van der Waals surface area contributed by atoms with Crippen molar-refractivity contribution in [2.24, 2.45) is 0 Å². The molecule has 11 heteroatoms. The Morgan fingerprint density at radius 2 is 1.96 bits per heavy atom. The van der Waals surface area contributed by atoms with E-state index in [2.05, 4.69) is 5.43 Å². The first-order chi connectivity index (χ1) is 12.0. The van der Waals surface area contributed by atoms with E-state index in [0.29, 0.717) is 0 Å². The van der Waals surface area contributed by atoms with Gasteiger partial charge in [0.25, 0.3) is 0 Å². The van der Waals surface area contributed by atoms with Gasteiger partial charge < -0.3 is 5.11 Å². The molecule has 0 bridgehead atoms. The topological polar surface area (TPSA) is 87.4 Å². The number of hydrogen-bond donors (Lipinski definition) is 2. The van der Waals surface area contributed by atoms with Gasteiger partial charge in [0.2, 0.25) is 6.20 Å². The van der Waals surface area contributed by atoms with Crippen molar-refractivity contribution in [2.75, 3.05) is 11.2 Å². The van der Waals surface area contributed by atoms with Gasteiger partial charge >= 0.3 is 5.51 Å². The number of nitrogens with zero attached hydrogens (tertiary/aromatic N) is 1. The average Bonchev–Trinajstić information content (AvgIpc) is 2.60. The number of phenolic OH excluding ortho intramolecular Hbond substituents is 1. The Morgan fingerprint density at radius 1 is 1.27 bits per heavy atom. The minimum absolute atomic E-state index is 0.0751. The van der Waals surface area contributed by atoms with Crippen LogP contribution in [0.1, 0.15) is 12.5 Å². The molecule has 142 valence electrons. The lowest BCUT2D eigenvalue weighted by Crippen LogP contribution is -2.44. The summed E-state index contributed by atoms with van der Waals surface area (Å²) in [7, 11) is -6.63. The number of halogens is 3. The summed E-state index contributed by atoms with van der Waals surface area (Å²) < 4.78 is 74.2. The molecule has 0 aliphatic carbocycles. The molecule has 1 aromatic carbocycles. The number of aromatic hydroxyl groups is 1. The molecule has 0 saturated carbocycles. The van der Waals surface area contributed by atoms with E-state index in [0.717, 1.165) is 18.2 Å². The minimum Gasteiger partial charge on any atom is -0.508 e. The zero-order valence-corrected chi connectivity index (χ0v) is 15.2. The van der Waals surface area contributed by atoms with Gasteiger partial charge in [-0.3, -0.25) is 0 Å². The van der Waals surface area contributed by atoms with Crippen molar-refractivity contribution >= 4 is 20.6 Å². The van der Waals surface area contributed by atoms with Crippen molar-refractivity contribution in [2.45, 2.75) is 28.8 Å². The van der Waals surface area contributed by atoms with E-state index in [1.165, 1.54) is 36.1 Å². The lowest BCUT2D eigenvalue weighted by molar-refractivity contribution is -0.653. The zero-order valence-electron chi connectivity index (χ0n) is 13.5. The molecule has 0 saturated heterocycles. The Labute approximate surface area is 150 Å². The summed E-state index contributed by atoms with van der Waals surface area (Å²) in [5.74, 6) is -0.360. The maximum atomic E-state index is 12.6. The highest BCUT2D eigenvalue weighted by atomic mass is 32.2. The Morgan fingerprint density at radius 3 is 2.58 bits per heavy atom. The number of sulfone groups is 1. The fraction of sp³-hybridized carbons (Fsp3) is 0.267. The van der Waals surface area contributed by atoms with Crippen molar-refractivity contribution < 1.29 is 35.6 Å². The third kappa shape index (κ3) is 4.73. The van der Waals surface area contributed by atoms with E-state index < -0.39 is 31.0 Å². The first-order valence-corrected chi connectivity index (χ1v) is 10.1. The van der Waals surface area contributed by atoms with Crippen LogP contribution < -0.4 is 10.1 Å². The molecule has 0 aliphatic rings. The molecule has 1 unspecified atom stereocenters. The number of benzene rings is 1. The third-order valence-corrected chi connectivity index (χ3v) is 6.26. The highest BCUT2D eigenvalue weighted by Gasteiger charge is 2.38. The Kier molecular flexibility index (Phi) is 5.91. The van der Waals surface area contributed by atoms with Crippen LogP contribution >= 0.6 is 0 Å². The highest BCUT2D eigenvalue weighted by molar-refractivity contribution is 7.91. The smallest absolute Gasteiger partial charge is 0.475 e. The van der Waals surface area contributed by atoms with Gasteiger partial charge in [0.15, 0.2) is 26.8 Å². The minimum atomic E-state index is -4.90. The third-order valence-electron chi connectivity index (χ3n) is 3.44. The van der Waals surface area contributed by atoms with E-state index in [4.69, 9.17) is 0 Å². The fourth-order valence-corrected chi connectivity index (χ4v) is 3.63. The molecular weight excluding hydrogens is 393 g/mol. The molecule has 1 heterocycles. The van der Waals surface area contributed by atoms with Crippen LogP contribution in [0.25, 0.3) is 0 Å². The fourth-order valence-electron chi connectivity index (χ4n) is 2.03. The van der Waals surface area contributed by atoms with Crippen LogP contribution in [0.5, 0.6) is 5.75 Å². The maximum Gasteiger partial charge on any atom is 0.475 e. The van der Waals surface area contributed by atoms with Crippen LogP contribution in [0.2, 0.25) is 0 Å². The largest absolute Gasteiger partial charge is 0.508 e. The summed E-state index contributed by atoms with van der Waals surface area (Å²) >= 11 is 0. The van der Waals surface area contributed by atoms with Gasteiger partial charge in [-0.05, 0) is 24.3 Å². The maximum absolute atomic E-state index is 12.6. The summed E-state index contributed by atoms with van der Waals surface area (Å²) in [6.45, 7) is 1.39. The Balaban J connectivity index is 2.23. The van der Waals surface area contributed by atoms with Gasteiger partial charge in [-0.25, -0.2) is 12.6 Å². The highest BCUT2D eigenvalue weighted by Crippen LogP contribution is 2.29. The van der Waals surface area contributed by atoms with Gasteiger partial charge in [-0.2, -0.15) is 18.6 Å². The first-order valence-electron chi connectivity index (χ1n) is 7.33. The van der Waals surface area contributed by atoms with Crippen LogP contribution in [0.3, 0.4) is 0 Å². The Bertz CT molecular complexity index is 931. The molecule has 0 radical (unpaired) electrons. The molecule has 0 spiro atoms. The number of hydrogen-bond acceptors (Lipinski definition) is 5. The van der Waals surface area contributed by atoms with E-state index >= 15 is 0 Å². The summed E-state index contributed by atoms with van der Waals surface area (Å²) in [4.78, 5) is -0.412. The van der Waals surface area contributed by atoms with E-state index in [-0.39, 0.29) is 28.5 Å². The van der Waals surface area contributed by atoms with Gasteiger partial charge in [-0.1, -0.05) is 11.6 Å². The van der Waals surface area contributed by atoms with E-state index in [1.54, 1.807) is 0 Å². The first kappa shape index (κ1) is 20.2. The van der Waals surface area contributed by atoms with Crippen molar-refractivity contribution in [3.63, 3.8) is 0 Å². The number of aromatic nitrogens is 1. The van der Waals surface area contributed by atoms with E-state index in [1.807, 2.05) is 0 Å². The molecule has 2 rings (SSSR count). The van der Waals surface area contributed by atoms with Crippen molar-refractivity contribution in [3.8, 4) is 5.75 Å².